The summed E-state index contributed by atoms with van der Waals surface area (Å²) in [5.41, 5.74) is 1.64. The molecule has 7 nitrogen and oxygen atoms in total. The molecule has 1 aromatic carbocycles. The average Bonchev–Trinajstić information content (AvgIpc) is 2.85. The third-order valence-corrected chi connectivity index (χ3v) is 5.32. The topological polar surface area (TPSA) is 76.2 Å². The van der Waals surface area contributed by atoms with Crippen molar-refractivity contribution in [1.82, 2.24) is 9.96 Å². The van der Waals surface area contributed by atoms with Crippen LogP contribution in [0.25, 0.3) is 0 Å². The Bertz CT molecular complexity index is 748. The van der Waals surface area contributed by atoms with Gasteiger partial charge in [-0.05, 0) is 28.7 Å². The number of piperidine rings is 1. The molecule has 7 heteroatoms. The van der Waals surface area contributed by atoms with Crippen molar-refractivity contribution in [1.29, 1.82) is 0 Å². The number of rotatable bonds is 2. The Hall–Kier alpha value is -2.57. The van der Waals surface area contributed by atoms with Crippen LogP contribution in [0.1, 0.15) is 25.0 Å². The fraction of sp³-hybridized carbons (Fsp3) is 0.471. The maximum Gasteiger partial charge on any atom is 0.435 e. The fourth-order valence-electron chi connectivity index (χ4n) is 3.77. The first-order chi connectivity index (χ1) is 11.3. The number of carbonyl (C=O) groups is 3. The minimum atomic E-state index is -0.689. The summed E-state index contributed by atoms with van der Waals surface area (Å²) in [5.74, 6) is -0.838. The predicted molar refractivity (Wildman–Crippen MR) is 81.3 cm³/mol. The summed E-state index contributed by atoms with van der Waals surface area (Å²) in [5, 5.41) is 0.645. The van der Waals surface area contributed by atoms with Crippen LogP contribution < -0.4 is 4.74 Å². The molecule has 3 aliphatic rings. The normalized spacial score (nSPS) is 26.3. The summed E-state index contributed by atoms with van der Waals surface area (Å²) in [7, 11) is 1.58. The number of nitrogens with zero attached hydrogens (tertiary/aromatic N) is 2. The van der Waals surface area contributed by atoms with E-state index in [-0.39, 0.29) is 17.3 Å². The minimum absolute atomic E-state index is 0.322. The molecule has 2 fully saturated rings. The fourth-order valence-corrected chi connectivity index (χ4v) is 3.77. The third-order valence-electron chi connectivity index (χ3n) is 5.32. The predicted octanol–water partition coefficient (Wildman–Crippen LogP) is 1.70. The maximum atomic E-state index is 12.3. The Balaban J connectivity index is 1.44. The van der Waals surface area contributed by atoms with Crippen molar-refractivity contribution >= 4 is 17.9 Å². The van der Waals surface area contributed by atoms with E-state index in [4.69, 9.17) is 9.57 Å². The Kier molecular flexibility index (Phi) is 2.95. The highest BCUT2D eigenvalue weighted by molar-refractivity contribution is 6.09. The van der Waals surface area contributed by atoms with E-state index in [1.165, 1.54) is 4.90 Å². The van der Waals surface area contributed by atoms with Gasteiger partial charge in [-0.2, -0.15) is 0 Å². The van der Waals surface area contributed by atoms with Crippen molar-refractivity contribution in [3.05, 3.63) is 29.3 Å². The molecule has 1 saturated carbocycles. The van der Waals surface area contributed by atoms with Gasteiger partial charge in [-0.1, -0.05) is 19.9 Å². The first-order valence-corrected chi connectivity index (χ1v) is 7.85. The Morgan fingerprint density at radius 3 is 2.38 bits per heavy atom. The number of fused-ring (bicyclic) bond motifs is 2. The third kappa shape index (κ3) is 1.93. The van der Waals surface area contributed by atoms with E-state index in [9.17, 15) is 14.4 Å². The number of amides is 3. The number of hydrogen-bond donors (Lipinski definition) is 0. The molecule has 1 aliphatic carbocycles. The van der Waals surface area contributed by atoms with Crippen LogP contribution in [-0.4, -0.2) is 35.0 Å². The largest absolute Gasteiger partial charge is 0.497 e. The molecule has 2 heterocycles. The molecule has 24 heavy (non-hydrogen) atoms. The zero-order valence-electron chi connectivity index (χ0n) is 13.7. The van der Waals surface area contributed by atoms with Crippen LogP contribution in [-0.2, 0) is 27.5 Å². The second-order valence-electron chi connectivity index (χ2n) is 7.10. The number of hydrogen-bond acceptors (Lipinski definition) is 5. The van der Waals surface area contributed by atoms with Crippen molar-refractivity contribution in [2.75, 3.05) is 7.11 Å². The number of methoxy groups -OCH3 is 1. The standard InChI is InChI=1S/C17H18N2O5/c1-17(2)12-13(17)15(21)19(14(12)20)24-16(22)18-7-9-4-5-11(23-3)6-10(9)8-18/h4-6,12-13H,7-8H2,1-3H3. The molecule has 0 radical (unpaired) electrons. The van der Waals surface area contributed by atoms with Crippen LogP contribution in [0.5, 0.6) is 5.75 Å². The van der Waals surface area contributed by atoms with Crippen LogP contribution in [0.15, 0.2) is 18.2 Å². The van der Waals surface area contributed by atoms with E-state index < -0.39 is 17.9 Å². The van der Waals surface area contributed by atoms with Gasteiger partial charge in [0, 0.05) is 13.1 Å². The first-order valence-electron chi connectivity index (χ1n) is 7.85. The van der Waals surface area contributed by atoms with Crippen molar-refractivity contribution in [3.63, 3.8) is 0 Å². The molecule has 2 aliphatic heterocycles. The quantitative estimate of drug-likeness (QED) is 0.772. The van der Waals surface area contributed by atoms with Crippen molar-refractivity contribution in [3.8, 4) is 5.75 Å². The molecule has 4 rings (SSSR count). The molecule has 1 saturated heterocycles. The lowest BCUT2D eigenvalue weighted by Gasteiger charge is -2.22. The molecule has 0 bridgehead atoms. The van der Waals surface area contributed by atoms with Crippen LogP contribution in [0.2, 0.25) is 0 Å². The highest BCUT2D eigenvalue weighted by atomic mass is 16.7. The van der Waals surface area contributed by atoms with Crippen LogP contribution in [0, 0.1) is 17.3 Å². The number of hydroxylamine groups is 2. The van der Waals surface area contributed by atoms with Gasteiger partial charge in [0.15, 0.2) is 0 Å². The Morgan fingerprint density at radius 1 is 1.12 bits per heavy atom. The van der Waals surface area contributed by atoms with E-state index in [1.54, 1.807) is 7.11 Å². The van der Waals surface area contributed by atoms with E-state index in [0.29, 0.717) is 18.2 Å². The zero-order chi connectivity index (χ0) is 17.2. The molecule has 2 atom stereocenters. The highest BCUT2D eigenvalue weighted by Gasteiger charge is 2.74. The second-order valence-corrected chi connectivity index (χ2v) is 7.10. The van der Waals surface area contributed by atoms with Crippen molar-refractivity contribution in [2.24, 2.45) is 17.3 Å². The van der Waals surface area contributed by atoms with Gasteiger partial charge in [0.25, 0.3) is 11.8 Å². The van der Waals surface area contributed by atoms with Gasteiger partial charge in [0.2, 0.25) is 0 Å². The second kappa shape index (κ2) is 4.72. The van der Waals surface area contributed by atoms with Gasteiger partial charge in [-0.15, -0.1) is 5.06 Å². The monoisotopic (exact) mass is 330 g/mol. The molecule has 2 unspecified atom stereocenters. The van der Waals surface area contributed by atoms with Gasteiger partial charge in [-0.3, -0.25) is 14.5 Å². The van der Waals surface area contributed by atoms with E-state index in [2.05, 4.69) is 0 Å². The zero-order valence-corrected chi connectivity index (χ0v) is 13.7. The number of imide groups is 1. The average molecular weight is 330 g/mol. The molecular formula is C17H18N2O5. The smallest absolute Gasteiger partial charge is 0.435 e. The summed E-state index contributed by atoms with van der Waals surface area (Å²) in [6, 6.07) is 5.59. The summed E-state index contributed by atoms with van der Waals surface area (Å²) < 4.78 is 5.17. The lowest BCUT2D eigenvalue weighted by Crippen LogP contribution is -2.41. The van der Waals surface area contributed by atoms with Gasteiger partial charge < -0.3 is 9.57 Å². The number of benzene rings is 1. The summed E-state index contributed by atoms with van der Waals surface area (Å²) in [6.45, 7) is 4.50. The van der Waals surface area contributed by atoms with Crippen LogP contribution in [0.3, 0.4) is 0 Å². The molecule has 0 aromatic heterocycles. The molecule has 0 N–H and O–H groups in total. The van der Waals surface area contributed by atoms with Gasteiger partial charge in [-0.25, -0.2) is 4.79 Å². The molecule has 1 aromatic rings. The molecule has 0 spiro atoms. The lowest BCUT2D eigenvalue weighted by atomic mass is 10.1. The highest BCUT2D eigenvalue weighted by Crippen LogP contribution is 2.63. The SMILES string of the molecule is COc1ccc2c(c1)CN(C(=O)ON1C(=O)C3C(C1=O)C3(C)C)C2. The van der Waals surface area contributed by atoms with E-state index in [0.717, 1.165) is 16.9 Å². The van der Waals surface area contributed by atoms with Crippen LogP contribution >= 0.6 is 0 Å². The maximum absolute atomic E-state index is 12.3. The van der Waals surface area contributed by atoms with E-state index in [1.807, 2.05) is 32.0 Å². The molecule has 3 amide bonds. The molecular weight excluding hydrogens is 312 g/mol. The Morgan fingerprint density at radius 2 is 1.75 bits per heavy atom. The number of ether oxygens (including phenoxy) is 1. The van der Waals surface area contributed by atoms with Crippen molar-refractivity contribution < 1.29 is 24.0 Å². The first kappa shape index (κ1) is 15.0. The molecule has 126 valence electrons. The van der Waals surface area contributed by atoms with Gasteiger partial charge in [0.1, 0.15) is 5.75 Å². The summed E-state index contributed by atoms with van der Waals surface area (Å²) in [6.07, 6.45) is -0.689. The van der Waals surface area contributed by atoms with E-state index >= 15 is 0 Å². The lowest BCUT2D eigenvalue weighted by molar-refractivity contribution is -0.179. The number of carbonyl (C=O) groups excluding carboxylic acids is 3. The van der Waals surface area contributed by atoms with Crippen LogP contribution in [0.4, 0.5) is 4.79 Å². The van der Waals surface area contributed by atoms with Gasteiger partial charge in [0.05, 0.1) is 18.9 Å². The Labute approximate surface area is 139 Å². The summed E-state index contributed by atoms with van der Waals surface area (Å²) in [4.78, 5) is 43.3. The van der Waals surface area contributed by atoms with Gasteiger partial charge >= 0.3 is 6.09 Å². The van der Waals surface area contributed by atoms with Crippen molar-refractivity contribution in [2.45, 2.75) is 26.9 Å². The summed E-state index contributed by atoms with van der Waals surface area (Å²) >= 11 is 0. The minimum Gasteiger partial charge on any atom is -0.497 e.